The van der Waals surface area contributed by atoms with Gasteiger partial charge in [-0.2, -0.15) is 4.98 Å². The molecule has 1 aliphatic heterocycles. The van der Waals surface area contributed by atoms with E-state index in [1.165, 1.54) is 22.9 Å². The summed E-state index contributed by atoms with van der Waals surface area (Å²) in [5.41, 5.74) is 2.73. The number of nitrogens with zero attached hydrogens (tertiary/aromatic N) is 5. The highest BCUT2D eigenvalue weighted by atomic mass is 32.2. The smallest absolute Gasteiger partial charge is 0.232 e. The number of fused-ring (bicyclic) bond motifs is 1. The molecule has 0 atom stereocenters. The van der Waals surface area contributed by atoms with Crippen LogP contribution in [0.4, 0.5) is 11.8 Å². The van der Waals surface area contributed by atoms with Crippen LogP contribution in [0.3, 0.4) is 0 Å². The summed E-state index contributed by atoms with van der Waals surface area (Å²) in [4.78, 5) is 20.1. The minimum Gasteiger partial charge on any atom is -0.363 e. The number of thiocarbonyl (C=S) groups is 1. The zero-order chi connectivity index (χ0) is 20.1. The van der Waals surface area contributed by atoms with Gasteiger partial charge in [0.1, 0.15) is 10.8 Å². The number of benzene rings is 1. The Labute approximate surface area is 179 Å². The normalized spacial score (nSPS) is 12.9. The van der Waals surface area contributed by atoms with E-state index in [0.717, 1.165) is 36.9 Å². The van der Waals surface area contributed by atoms with Crippen molar-refractivity contribution in [2.45, 2.75) is 30.1 Å². The van der Waals surface area contributed by atoms with Crippen molar-refractivity contribution in [2.75, 3.05) is 23.3 Å². The molecule has 29 heavy (non-hydrogen) atoms. The van der Waals surface area contributed by atoms with Crippen molar-refractivity contribution in [1.29, 1.82) is 0 Å². The predicted molar refractivity (Wildman–Crippen MR) is 119 cm³/mol. The van der Waals surface area contributed by atoms with Crippen LogP contribution in [0.5, 0.6) is 0 Å². The van der Waals surface area contributed by atoms with Gasteiger partial charge in [-0.3, -0.25) is 0 Å². The van der Waals surface area contributed by atoms with E-state index in [9.17, 15) is 0 Å². The van der Waals surface area contributed by atoms with Crippen LogP contribution in [0.25, 0.3) is 0 Å². The molecule has 0 bridgehead atoms. The van der Waals surface area contributed by atoms with E-state index in [1.54, 1.807) is 18.5 Å². The molecule has 0 amide bonds. The second kappa shape index (κ2) is 9.15. The van der Waals surface area contributed by atoms with E-state index in [2.05, 4.69) is 54.8 Å². The van der Waals surface area contributed by atoms with E-state index < -0.39 is 0 Å². The zero-order valence-corrected chi connectivity index (χ0v) is 17.6. The van der Waals surface area contributed by atoms with E-state index in [0.29, 0.717) is 16.2 Å². The molecule has 0 aliphatic carbocycles. The van der Waals surface area contributed by atoms with Crippen LogP contribution >= 0.6 is 24.0 Å². The van der Waals surface area contributed by atoms with Gasteiger partial charge < -0.3 is 15.5 Å². The lowest BCUT2D eigenvalue weighted by atomic mass is 10.00. The standard InChI is InChI=1S/C20H21N7S2/c1-2-21-19(28)26-18-24-16(12-17(25-18)29-20-22-9-5-10-23-20)27-11-8-14-6-3-4-7-15(14)13-27/h3-7,9-10,12H,2,8,11,13H2,1H3,(H2,21,24,25,26,28). The van der Waals surface area contributed by atoms with Crippen LogP contribution in [0, 0.1) is 0 Å². The second-order valence-electron chi connectivity index (χ2n) is 6.45. The first kappa shape index (κ1) is 19.5. The molecule has 4 rings (SSSR count). The molecule has 0 spiro atoms. The van der Waals surface area contributed by atoms with E-state index >= 15 is 0 Å². The predicted octanol–water partition coefficient (Wildman–Crippen LogP) is 3.29. The highest BCUT2D eigenvalue weighted by molar-refractivity contribution is 7.99. The van der Waals surface area contributed by atoms with Gasteiger partial charge in [-0.1, -0.05) is 24.3 Å². The molecular formula is C20H21N7S2. The number of aromatic nitrogens is 4. The van der Waals surface area contributed by atoms with Gasteiger partial charge >= 0.3 is 0 Å². The van der Waals surface area contributed by atoms with Crippen LogP contribution in [0.1, 0.15) is 18.1 Å². The Bertz CT molecular complexity index is 997. The summed E-state index contributed by atoms with van der Waals surface area (Å²) in [6.45, 7) is 4.44. The summed E-state index contributed by atoms with van der Waals surface area (Å²) in [5, 5.41) is 8.06. The highest BCUT2D eigenvalue weighted by Gasteiger charge is 2.19. The maximum Gasteiger partial charge on any atom is 0.232 e. The molecule has 0 saturated heterocycles. The van der Waals surface area contributed by atoms with Crippen molar-refractivity contribution in [3.63, 3.8) is 0 Å². The number of rotatable bonds is 5. The Morgan fingerprint density at radius 2 is 1.93 bits per heavy atom. The van der Waals surface area contributed by atoms with Crippen molar-refractivity contribution >= 4 is 40.9 Å². The van der Waals surface area contributed by atoms with Crippen molar-refractivity contribution in [3.8, 4) is 0 Å². The Balaban J connectivity index is 1.63. The molecule has 0 radical (unpaired) electrons. The van der Waals surface area contributed by atoms with Gasteiger partial charge in [-0.15, -0.1) is 0 Å². The molecule has 0 saturated carbocycles. The fourth-order valence-electron chi connectivity index (χ4n) is 3.11. The van der Waals surface area contributed by atoms with Gasteiger partial charge in [0.25, 0.3) is 0 Å². The van der Waals surface area contributed by atoms with Gasteiger partial charge in [0.15, 0.2) is 10.3 Å². The average Bonchev–Trinajstić information content (AvgIpc) is 2.74. The molecule has 148 valence electrons. The first-order chi connectivity index (χ1) is 14.2. The van der Waals surface area contributed by atoms with Crippen molar-refractivity contribution < 1.29 is 0 Å². The largest absolute Gasteiger partial charge is 0.363 e. The van der Waals surface area contributed by atoms with Gasteiger partial charge in [0, 0.05) is 38.1 Å². The van der Waals surface area contributed by atoms with Crippen LogP contribution < -0.4 is 15.5 Å². The lowest BCUT2D eigenvalue weighted by Gasteiger charge is -2.30. The molecule has 3 aromatic rings. The summed E-state index contributed by atoms with van der Waals surface area (Å²) < 4.78 is 0. The molecule has 0 fully saturated rings. The minimum atomic E-state index is 0.464. The maximum atomic E-state index is 5.31. The van der Waals surface area contributed by atoms with E-state index in [-0.39, 0.29) is 0 Å². The first-order valence-electron chi connectivity index (χ1n) is 9.42. The Morgan fingerprint density at radius 1 is 1.14 bits per heavy atom. The zero-order valence-electron chi connectivity index (χ0n) is 16.0. The quantitative estimate of drug-likeness (QED) is 0.365. The number of anilines is 2. The molecule has 9 heteroatoms. The van der Waals surface area contributed by atoms with Crippen LogP contribution in [-0.4, -0.2) is 38.1 Å². The lowest BCUT2D eigenvalue weighted by molar-refractivity contribution is 0.717. The van der Waals surface area contributed by atoms with Crippen LogP contribution in [0.15, 0.2) is 59.0 Å². The van der Waals surface area contributed by atoms with E-state index in [4.69, 9.17) is 17.2 Å². The molecule has 1 aromatic carbocycles. The third-order valence-electron chi connectivity index (χ3n) is 4.44. The SMILES string of the molecule is CCNC(=S)Nc1nc(Sc2ncccn2)cc(N2CCc3ccccc3C2)n1. The summed E-state index contributed by atoms with van der Waals surface area (Å²) in [7, 11) is 0. The lowest BCUT2D eigenvalue weighted by Crippen LogP contribution is -2.32. The fourth-order valence-corrected chi connectivity index (χ4v) is 4.06. The van der Waals surface area contributed by atoms with Gasteiger partial charge in [0.05, 0.1) is 0 Å². The van der Waals surface area contributed by atoms with Gasteiger partial charge in [-0.25, -0.2) is 15.0 Å². The maximum absolute atomic E-state index is 5.31. The summed E-state index contributed by atoms with van der Waals surface area (Å²) in [6, 6.07) is 12.3. The molecular weight excluding hydrogens is 402 g/mol. The van der Waals surface area contributed by atoms with Crippen molar-refractivity contribution in [2.24, 2.45) is 0 Å². The molecule has 7 nitrogen and oxygen atoms in total. The molecule has 2 N–H and O–H groups in total. The summed E-state index contributed by atoms with van der Waals surface area (Å²) in [5.74, 6) is 1.32. The fraction of sp³-hybridized carbons (Fsp3) is 0.250. The number of hydrogen-bond acceptors (Lipinski definition) is 7. The van der Waals surface area contributed by atoms with Gasteiger partial charge in [-0.05, 0) is 54.5 Å². The first-order valence-corrected chi connectivity index (χ1v) is 10.6. The van der Waals surface area contributed by atoms with Crippen LogP contribution in [-0.2, 0) is 13.0 Å². The third kappa shape index (κ3) is 4.99. The molecule has 3 heterocycles. The Morgan fingerprint density at radius 3 is 2.72 bits per heavy atom. The van der Waals surface area contributed by atoms with Crippen molar-refractivity contribution in [1.82, 2.24) is 25.3 Å². The van der Waals surface area contributed by atoms with E-state index in [1.807, 2.05) is 13.0 Å². The Kier molecular flexibility index (Phi) is 6.16. The van der Waals surface area contributed by atoms with Gasteiger partial charge in [0.2, 0.25) is 5.95 Å². The Hall–Kier alpha value is -2.78. The molecule has 2 aromatic heterocycles. The number of nitrogens with one attached hydrogen (secondary N) is 2. The highest BCUT2D eigenvalue weighted by Crippen LogP contribution is 2.29. The molecule has 1 aliphatic rings. The average molecular weight is 424 g/mol. The van der Waals surface area contributed by atoms with Crippen LogP contribution in [0.2, 0.25) is 0 Å². The monoisotopic (exact) mass is 423 g/mol. The van der Waals surface area contributed by atoms with Crippen molar-refractivity contribution in [3.05, 3.63) is 59.9 Å². The summed E-state index contributed by atoms with van der Waals surface area (Å²) in [6.07, 6.45) is 4.43. The number of hydrogen-bond donors (Lipinski definition) is 2. The second-order valence-corrected chi connectivity index (χ2v) is 7.84. The topological polar surface area (TPSA) is 78.9 Å². The third-order valence-corrected chi connectivity index (χ3v) is 5.50. The molecule has 0 unspecified atom stereocenters. The minimum absolute atomic E-state index is 0.464. The summed E-state index contributed by atoms with van der Waals surface area (Å²) >= 11 is 6.71.